The van der Waals surface area contributed by atoms with Crippen LogP contribution in [-0.4, -0.2) is 9.97 Å². The maximum Gasteiger partial charge on any atom is 0.325 e. The highest BCUT2D eigenvalue weighted by atomic mass is 16.2. The molecule has 3 N–H and O–H groups in total. The van der Waals surface area contributed by atoms with Gasteiger partial charge < -0.3 is 10.3 Å². The van der Waals surface area contributed by atoms with Crippen molar-refractivity contribution < 1.29 is 0 Å². The van der Waals surface area contributed by atoms with Crippen molar-refractivity contribution in [2.75, 3.05) is 5.32 Å². The summed E-state index contributed by atoms with van der Waals surface area (Å²) in [6.45, 7) is 0. The lowest BCUT2D eigenvalue weighted by Gasteiger charge is -2.06. The molecule has 0 spiro atoms. The van der Waals surface area contributed by atoms with Crippen LogP contribution >= 0.6 is 0 Å². The number of benzene rings is 2. The molecule has 5 nitrogen and oxygen atoms in total. The Hall–Kier alpha value is -2.82. The monoisotopic (exact) mass is 253 g/mol. The third kappa shape index (κ3) is 2.26. The number of H-pyrrole nitrogens is 2. The largest absolute Gasteiger partial charge is 0.350 e. The second kappa shape index (κ2) is 4.45. The van der Waals surface area contributed by atoms with E-state index >= 15 is 0 Å². The molecular weight excluding hydrogens is 242 g/mol. The van der Waals surface area contributed by atoms with Crippen molar-refractivity contribution in [3.63, 3.8) is 0 Å². The number of anilines is 2. The third-order valence-electron chi connectivity index (χ3n) is 2.85. The normalized spacial score (nSPS) is 10.5. The van der Waals surface area contributed by atoms with Gasteiger partial charge in [0.25, 0.3) is 5.56 Å². The Morgan fingerprint density at radius 2 is 1.74 bits per heavy atom. The molecule has 0 aliphatic heterocycles. The van der Waals surface area contributed by atoms with Gasteiger partial charge in [-0.3, -0.25) is 9.78 Å². The molecule has 0 bridgehead atoms. The minimum absolute atomic E-state index is 0.301. The lowest BCUT2D eigenvalue weighted by Crippen LogP contribution is -2.23. The smallest absolute Gasteiger partial charge is 0.325 e. The van der Waals surface area contributed by atoms with Gasteiger partial charge in [0.05, 0.1) is 0 Å². The predicted molar refractivity (Wildman–Crippen MR) is 74.9 cm³/mol. The van der Waals surface area contributed by atoms with Gasteiger partial charge in [0.2, 0.25) is 0 Å². The van der Waals surface area contributed by atoms with Crippen LogP contribution in [0.15, 0.2) is 58.3 Å². The van der Waals surface area contributed by atoms with Crippen LogP contribution in [0.1, 0.15) is 0 Å². The molecule has 0 aliphatic carbocycles. The first-order chi connectivity index (χ1) is 9.22. The Kier molecular flexibility index (Phi) is 2.64. The first-order valence-electron chi connectivity index (χ1n) is 5.80. The minimum Gasteiger partial charge on any atom is -0.350 e. The van der Waals surface area contributed by atoms with Crippen LogP contribution in [0.25, 0.3) is 10.8 Å². The lowest BCUT2D eigenvalue weighted by atomic mass is 10.1. The van der Waals surface area contributed by atoms with E-state index in [-0.39, 0.29) is 0 Å². The van der Waals surface area contributed by atoms with Crippen LogP contribution in [-0.2, 0) is 0 Å². The standard InChI is InChI=1S/C14H11N3O2/c18-13-12(8-15-14(19)17-13)16-11-6-5-9-3-1-2-4-10(9)7-11/h1-8,16H,(H2,15,17,18,19). The SMILES string of the molecule is O=c1[nH]cc(Nc2ccc3ccccc3c2)c(=O)[nH]1. The summed E-state index contributed by atoms with van der Waals surface area (Å²) in [4.78, 5) is 27.1. The van der Waals surface area contributed by atoms with Crippen molar-refractivity contribution in [3.8, 4) is 0 Å². The van der Waals surface area contributed by atoms with E-state index in [0.29, 0.717) is 5.69 Å². The Balaban J connectivity index is 2.01. The highest BCUT2D eigenvalue weighted by Crippen LogP contribution is 2.20. The molecule has 0 amide bonds. The van der Waals surface area contributed by atoms with E-state index in [4.69, 9.17) is 0 Å². The number of hydrogen-bond acceptors (Lipinski definition) is 3. The molecule has 1 heterocycles. The quantitative estimate of drug-likeness (QED) is 0.653. The second-order valence-corrected chi connectivity index (χ2v) is 4.17. The second-order valence-electron chi connectivity index (χ2n) is 4.17. The Morgan fingerprint density at radius 3 is 2.53 bits per heavy atom. The Labute approximate surface area is 107 Å². The van der Waals surface area contributed by atoms with Gasteiger partial charge in [-0.25, -0.2) is 4.79 Å². The fourth-order valence-electron chi connectivity index (χ4n) is 1.93. The van der Waals surface area contributed by atoms with Crippen molar-refractivity contribution in [3.05, 3.63) is 69.5 Å². The molecule has 3 rings (SSSR count). The van der Waals surface area contributed by atoms with Crippen LogP contribution in [0, 0.1) is 0 Å². The van der Waals surface area contributed by atoms with Crippen LogP contribution in [0.4, 0.5) is 11.4 Å². The van der Waals surface area contributed by atoms with Gasteiger partial charge in [0.1, 0.15) is 5.69 Å². The molecule has 0 atom stereocenters. The topological polar surface area (TPSA) is 77.8 Å². The molecule has 0 aliphatic rings. The van der Waals surface area contributed by atoms with Gasteiger partial charge in [0, 0.05) is 11.9 Å². The summed E-state index contributed by atoms with van der Waals surface area (Å²) in [7, 11) is 0. The zero-order chi connectivity index (χ0) is 13.2. The zero-order valence-corrected chi connectivity index (χ0v) is 9.94. The summed E-state index contributed by atoms with van der Waals surface area (Å²) >= 11 is 0. The Morgan fingerprint density at radius 1 is 0.947 bits per heavy atom. The Bertz CT molecular complexity index is 849. The third-order valence-corrected chi connectivity index (χ3v) is 2.85. The van der Waals surface area contributed by atoms with Gasteiger partial charge in [-0.05, 0) is 22.9 Å². The van der Waals surface area contributed by atoms with E-state index in [0.717, 1.165) is 16.5 Å². The summed E-state index contributed by atoms with van der Waals surface area (Å²) in [5, 5.41) is 5.18. The number of hydrogen-bond donors (Lipinski definition) is 3. The molecule has 5 heteroatoms. The van der Waals surface area contributed by atoms with E-state index in [2.05, 4.69) is 15.3 Å². The average Bonchev–Trinajstić information content (AvgIpc) is 2.42. The van der Waals surface area contributed by atoms with Gasteiger partial charge >= 0.3 is 5.69 Å². The van der Waals surface area contributed by atoms with Gasteiger partial charge in [-0.1, -0.05) is 30.3 Å². The fourth-order valence-corrected chi connectivity index (χ4v) is 1.93. The fraction of sp³-hybridized carbons (Fsp3) is 0. The number of rotatable bonds is 2. The molecule has 3 aromatic rings. The molecule has 0 fully saturated rings. The van der Waals surface area contributed by atoms with Gasteiger partial charge in [0.15, 0.2) is 0 Å². The molecule has 19 heavy (non-hydrogen) atoms. The van der Waals surface area contributed by atoms with E-state index in [1.54, 1.807) is 0 Å². The van der Waals surface area contributed by atoms with Crippen molar-refractivity contribution in [1.29, 1.82) is 0 Å². The molecule has 0 unspecified atom stereocenters. The van der Waals surface area contributed by atoms with Crippen molar-refractivity contribution in [1.82, 2.24) is 9.97 Å². The van der Waals surface area contributed by atoms with Crippen LogP contribution in [0.5, 0.6) is 0 Å². The first kappa shape index (κ1) is 11.3. The zero-order valence-electron chi connectivity index (χ0n) is 9.94. The molecule has 0 saturated carbocycles. The van der Waals surface area contributed by atoms with Crippen LogP contribution < -0.4 is 16.6 Å². The summed E-state index contributed by atoms with van der Waals surface area (Å²) in [6, 6.07) is 13.7. The van der Waals surface area contributed by atoms with Gasteiger partial charge in [-0.2, -0.15) is 0 Å². The first-order valence-corrected chi connectivity index (χ1v) is 5.80. The molecule has 94 valence electrons. The van der Waals surface area contributed by atoms with E-state index in [1.807, 2.05) is 42.5 Å². The highest BCUT2D eigenvalue weighted by Gasteiger charge is 2.01. The van der Waals surface area contributed by atoms with Gasteiger partial charge in [-0.15, -0.1) is 0 Å². The van der Waals surface area contributed by atoms with E-state index in [1.165, 1.54) is 6.20 Å². The number of aromatic nitrogens is 2. The van der Waals surface area contributed by atoms with Crippen molar-refractivity contribution >= 4 is 22.1 Å². The van der Waals surface area contributed by atoms with Crippen molar-refractivity contribution in [2.45, 2.75) is 0 Å². The summed E-state index contributed by atoms with van der Waals surface area (Å²) in [5.41, 5.74) is 0.122. The summed E-state index contributed by atoms with van der Waals surface area (Å²) in [5.74, 6) is 0. The molecular formula is C14H11N3O2. The number of fused-ring (bicyclic) bond motifs is 1. The van der Waals surface area contributed by atoms with E-state index < -0.39 is 11.2 Å². The van der Waals surface area contributed by atoms with Crippen LogP contribution in [0.3, 0.4) is 0 Å². The lowest BCUT2D eigenvalue weighted by molar-refractivity contribution is 1.04. The number of nitrogens with one attached hydrogen (secondary N) is 3. The molecule has 1 aromatic heterocycles. The van der Waals surface area contributed by atoms with Crippen molar-refractivity contribution in [2.24, 2.45) is 0 Å². The summed E-state index contributed by atoms with van der Waals surface area (Å²) < 4.78 is 0. The predicted octanol–water partition coefficient (Wildman–Crippen LogP) is 1.96. The highest BCUT2D eigenvalue weighted by molar-refractivity contribution is 5.86. The minimum atomic E-state index is -0.519. The maximum atomic E-state index is 11.6. The van der Waals surface area contributed by atoms with Crippen LogP contribution in [0.2, 0.25) is 0 Å². The molecule has 0 saturated heterocycles. The summed E-state index contributed by atoms with van der Waals surface area (Å²) in [6.07, 6.45) is 1.36. The molecule has 0 radical (unpaired) electrons. The molecule has 2 aromatic carbocycles. The van der Waals surface area contributed by atoms with E-state index in [9.17, 15) is 9.59 Å². The average molecular weight is 253 g/mol. The number of aromatic amines is 2. The maximum absolute atomic E-state index is 11.6.